The summed E-state index contributed by atoms with van der Waals surface area (Å²) in [6.45, 7) is 7.22. The van der Waals surface area contributed by atoms with Gasteiger partial charge in [0.1, 0.15) is 6.04 Å². The van der Waals surface area contributed by atoms with Crippen molar-refractivity contribution in [2.24, 2.45) is 5.92 Å². The summed E-state index contributed by atoms with van der Waals surface area (Å²) in [4.78, 5) is 35.2. The predicted octanol–water partition coefficient (Wildman–Crippen LogP) is 2.08. The Morgan fingerprint density at radius 1 is 1.17 bits per heavy atom. The zero-order valence-corrected chi connectivity index (χ0v) is 13.9. The van der Waals surface area contributed by atoms with Crippen LogP contribution in [-0.4, -0.2) is 35.6 Å². The first-order valence-electron chi connectivity index (χ1n) is 7.53. The van der Waals surface area contributed by atoms with Crippen molar-refractivity contribution in [2.75, 3.05) is 6.61 Å². The maximum atomic E-state index is 12.3. The molecule has 0 radical (unpaired) electrons. The van der Waals surface area contributed by atoms with E-state index < -0.39 is 29.8 Å². The Morgan fingerprint density at radius 3 is 2.22 bits per heavy atom. The molecule has 0 spiro atoms. The van der Waals surface area contributed by atoms with Gasteiger partial charge >= 0.3 is 11.9 Å². The summed E-state index contributed by atoms with van der Waals surface area (Å²) in [7, 11) is 0. The van der Waals surface area contributed by atoms with Crippen LogP contribution >= 0.6 is 0 Å². The molecule has 0 aliphatic rings. The SMILES string of the molecule is CCOC(=O)[C@H](C)C[C@@H](NC(=O)c1cc(C)cc(C)c1)C(=O)O. The molecule has 2 atom stereocenters. The lowest BCUT2D eigenvalue weighted by molar-refractivity contribution is -0.148. The molecule has 1 aromatic rings. The number of carboxylic acids is 1. The van der Waals surface area contributed by atoms with E-state index in [0.29, 0.717) is 5.56 Å². The molecule has 0 saturated carbocycles. The second-order valence-corrected chi connectivity index (χ2v) is 5.63. The Labute approximate surface area is 135 Å². The van der Waals surface area contributed by atoms with Gasteiger partial charge in [0, 0.05) is 5.56 Å². The van der Waals surface area contributed by atoms with E-state index in [4.69, 9.17) is 4.74 Å². The Morgan fingerprint density at radius 2 is 1.74 bits per heavy atom. The number of nitrogens with one attached hydrogen (secondary N) is 1. The molecule has 1 rings (SSSR count). The van der Waals surface area contributed by atoms with Crippen molar-refractivity contribution in [3.05, 3.63) is 34.9 Å². The number of aliphatic carboxylic acids is 1. The normalized spacial score (nSPS) is 13.0. The van der Waals surface area contributed by atoms with Crippen molar-refractivity contribution >= 4 is 17.8 Å². The van der Waals surface area contributed by atoms with Gasteiger partial charge in [-0.05, 0) is 39.3 Å². The maximum absolute atomic E-state index is 12.3. The number of esters is 1. The van der Waals surface area contributed by atoms with E-state index in [9.17, 15) is 19.5 Å². The third kappa shape index (κ3) is 5.73. The van der Waals surface area contributed by atoms with Crippen molar-refractivity contribution in [1.82, 2.24) is 5.32 Å². The van der Waals surface area contributed by atoms with E-state index in [0.717, 1.165) is 11.1 Å². The predicted molar refractivity (Wildman–Crippen MR) is 85.2 cm³/mol. The highest BCUT2D eigenvalue weighted by molar-refractivity contribution is 5.97. The molecule has 1 amide bonds. The number of rotatable bonds is 7. The molecule has 6 nitrogen and oxygen atoms in total. The van der Waals surface area contributed by atoms with Gasteiger partial charge in [0.05, 0.1) is 12.5 Å². The zero-order valence-electron chi connectivity index (χ0n) is 13.9. The van der Waals surface area contributed by atoms with Crippen molar-refractivity contribution in [1.29, 1.82) is 0 Å². The number of benzene rings is 1. The van der Waals surface area contributed by atoms with Crippen molar-refractivity contribution in [2.45, 2.75) is 40.2 Å². The van der Waals surface area contributed by atoms with E-state index in [-0.39, 0.29) is 13.0 Å². The Kier molecular flexibility index (Phi) is 6.75. The molecular weight excluding hydrogens is 298 g/mol. The zero-order chi connectivity index (χ0) is 17.6. The van der Waals surface area contributed by atoms with Gasteiger partial charge in [-0.1, -0.05) is 24.1 Å². The van der Waals surface area contributed by atoms with Crippen LogP contribution in [0.25, 0.3) is 0 Å². The summed E-state index contributed by atoms with van der Waals surface area (Å²) in [6.07, 6.45) is -0.0231. The summed E-state index contributed by atoms with van der Waals surface area (Å²) < 4.78 is 4.86. The van der Waals surface area contributed by atoms with Gasteiger partial charge in [-0.25, -0.2) is 4.79 Å². The minimum atomic E-state index is -1.18. The lowest BCUT2D eigenvalue weighted by atomic mass is 10.0. The lowest BCUT2D eigenvalue weighted by Gasteiger charge is -2.18. The van der Waals surface area contributed by atoms with Gasteiger partial charge in [0.25, 0.3) is 5.91 Å². The summed E-state index contributed by atoms with van der Waals surface area (Å²) in [5.74, 6) is -2.74. The van der Waals surface area contributed by atoms with Crippen LogP contribution in [0.3, 0.4) is 0 Å². The molecule has 0 saturated heterocycles. The molecule has 6 heteroatoms. The molecule has 1 aromatic carbocycles. The fourth-order valence-electron chi connectivity index (χ4n) is 2.30. The van der Waals surface area contributed by atoms with E-state index in [2.05, 4.69) is 5.32 Å². The average molecular weight is 321 g/mol. The highest BCUT2D eigenvalue weighted by atomic mass is 16.5. The Hall–Kier alpha value is -2.37. The smallest absolute Gasteiger partial charge is 0.326 e. The number of carbonyl (C=O) groups excluding carboxylic acids is 2. The number of carbonyl (C=O) groups is 3. The number of hydrogen-bond acceptors (Lipinski definition) is 4. The van der Waals surface area contributed by atoms with Gasteiger partial charge in [-0.15, -0.1) is 0 Å². The fraction of sp³-hybridized carbons (Fsp3) is 0.471. The molecule has 0 unspecified atom stereocenters. The molecule has 0 aromatic heterocycles. The molecule has 0 aliphatic heterocycles. The molecule has 23 heavy (non-hydrogen) atoms. The first-order chi connectivity index (χ1) is 10.7. The average Bonchev–Trinajstić information content (AvgIpc) is 2.45. The van der Waals surface area contributed by atoms with Crippen LogP contribution in [-0.2, 0) is 14.3 Å². The standard InChI is InChI=1S/C17H23NO5/c1-5-23-17(22)12(4)9-14(16(20)21)18-15(19)13-7-10(2)6-11(3)8-13/h6-8,12,14H,5,9H2,1-4H3,(H,18,19)(H,20,21)/t12-,14-/m1/s1. The minimum absolute atomic E-state index is 0.0231. The highest BCUT2D eigenvalue weighted by Crippen LogP contribution is 2.12. The van der Waals surface area contributed by atoms with Crippen LogP contribution < -0.4 is 5.32 Å². The molecule has 0 heterocycles. The Balaban J connectivity index is 2.81. The van der Waals surface area contributed by atoms with Gasteiger partial charge in [0.15, 0.2) is 0 Å². The van der Waals surface area contributed by atoms with Gasteiger partial charge in [0.2, 0.25) is 0 Å². The van der Waals surface area contributed by atoms with E-state index in [1.54, 1.807) is 26.0 Å². The van der Waals surface area contributed by atoms with Crippen LogP contribution in [0.5, 0.6) is 0 Å². The van der Waals surface area contributed by atoms with Gasteiger partial charge in [-0.3, -0.25) is 9.59 Å². The first-order valence-corrected chi connectivity index (χ1v) is 7.53. The van der Waals surface area contributed by atoms with Gasteiger partial charge < -0.3 is 15.2 Å². The number of hydrogen-bond donors (Lipinski definition) is 2. The van der Waals surface area contributed by atoms with Crippen LogP contribution in [0.1, 0.15) is 41.8 Å². The quantitative estimate of drug-likeness (QED) is 0.750. The topological polar surface area (TPSA) is 92.7 Å². The summed E-state index contributed by atoms with van der Waals surface area (Å²) in [6, 6.07) is 4.16. The van der Waals surface area contributed by atoms with Crippen molar-refractivity contribution < 1.29 is 24.2 Å². The first kappa shape index (κ1) is 18.7. The van der Waals surface area contributed by atoms with Crippen LogP contribution in [0.4, 0.5) is 0 Å². The Bertz CT molecular complexity index is 576. The number of amides is 1. The van der Waals surface area contributed by atoms with Gasteiger partial charge in [-0.2, -0.15) is 0 Å². The lowest BCUT2D eigenvalue weighted by Crippen LogP contribution is -2.42. The van der Waals surface area contributed by atoms with E-state index >= 15 is 0 Å². The molecule has 126 valence electrons. The van der Waals surface area contributed by atoms with Crippen molar-refractivity contribution in [3.8, 4) is 0 Å². The van der Waals surface area contributed by atoms with Crippen LogP contribution in [0.2, 0.25) is 0 Å². The fourth-order valence-corrected chi connectivity index (χ4v) is 2.30. The largest absolute Gasteiger partial charge is 0.480 e. The monoisotopic (exact) mass is 321 g/mol. The van der Waals surface area contributed by atoms with E-state index in [1.165, 1.54) is 0 Å². The van der Waals surface area contributed by atoms with Crippen molar-refractivity contribution in [3.63, 3.8) is 0 Å². The molecule has 0 fully saturated rings. The summed E-state index contributed by atoms with van der Waals surface area (Å²) in [5, 5.41) is 11.7. The number of aryl methyl sites for hydroxylation is 2. The highest BCUT2D eigenvalue weighted by Gasteiger charge is 2.26. The third-order valence-electron chi connectivity index (χ3n) is 3.37. The molecular formula is C17H23NO5. The van der Waals surface area contributed by atoms with Crippen LogP contribution in [0, 0.1) is 19.8 Å². The summed E-state index contributed by atoms with van der Waals surface area (Å²) >= 11 is 0. The summed E-state index contributed by atoms with van der Waals surface area (Å²) in [5.41, 5.74) is 2.24. The maximum Gasteiger partial charge on any atom is 0.326 e. The minimum Gasteiger partial charge on any atom is -0.480 e. The second kappa shape index (κ2) is 8.31. The van der Waals surface area contributed by atoms with E-state index in [1.807, 2.05) is 19.9 Å². The number of ether oxygens (including phenoxy) is 1. The van der Waals surface area contributed by atoms with Crippen LogP contribution in [0.15, 0.2) is 18.2 Å². The second-order valence-electron chi connectivity index (χ2n) is 5.63. The number of carboxylic acid groups (broad SMARTS) is 1. The molecule has 0 bridgehead atoms. The third-order valence-corrected chi connectivity index (χ3v) is 3.37. The molecule has 2 N–H and O–H groups in total. The molecule has 0 aliphatic carbocycles.